The number of hydrogen-bond donors (Lipinski definition) is 1. The number of aromatic nitrogens is 3. The van der Waals surface area contributed by atoms with E-state index >= 15 is 0 Å². The average molecular weight is 390 g/mol. The van der Waals surface area contributed by atoms with Crippen LogP contribution in [0.2, 0.25) is 0 Å². The van der Waals surface area contributed by atoms with Crippen molar-refractivity contribution in [1.82, 2.24) is 19.5 Å². The molecule has 3 aromatic rings. The molecule has 0 aliphatic carbocycles. The third kappa shape index (κ3) is 2.87. The van der Waals surface area contributed by atoms with Gasteiger partial charge in [0.1, 0.15) is 6.33 Å². The van der Waals surface area contributed by atoms with Crippen LogP contribution in [-0.2, 0) is 0 Å². The molecule has 144 valence electrons. The van der Waals surface area contributed by atoms with E-state index in [1.165, 1.54) is 22.2 Å². The van der Waals surface area contributed by atoms with Crippen LogP contribution in [0.4, 0.5) is 0 Å². The van der Waals surface area contributed by atoms with Crippen LogP contribution >= 0.6 is 11.3 Å². The Morgan fingerprint density at radius 2 is 1.81 bits per heavy atom. The van der Waals surface area contributed by atoms with Crippen LogP contribution in [0.25, 0.3) is 4.96 Å². The van der Waals surface area contributed by atoms with Gasteiger partial charge in [0.15, 0.2) is 11.5 Å². The van der Waals surface area contributed by atoms with Gasteiger partial charge in [-0.05, 0) is 38.1 Å². The summed E-state index contributed by atoms with van der Waals surface area (Å²) in [5.74, 6) is 1.86. The molecule has 1 aliphatic heterocycles. The van der Waals surface area contributed by atoms with Crippen molar-refractivity contribution in [1.29, 1.82) is 0 Å². The van der Waals surface area contributed by atoms with Crippen LogP contribution < -0.4 is 14.2 Å². The molecule has 1 saturated heterocycles. The zero-order chi connectivity index (χ0) is 19.0. The van der Waals surface area contributed by atoms with Crippen LogP contribution in [0.1, 0.15) is 29.3 Å². The van der Waals surface area contributed by atoms with E-state index in [1.807, 2.05) is 12.1 Å². The molecule has 0 spiro atoms. The van der Waals surface area contributed by atoms with Gasteiger partial charge in [-0.15, -0.1) is 0 Å². The number of nitrogens with zero attached hydrogens (tertiary/aromatic N) is 4. The van der Waals surface area contributed by atoms with Crippen molar-refractivity contribution in [3.8, 4) is 23.1 Å². The molecule has 1 aromatic carbocycles. The summed E-state index contributed by atoms with van der Waals surface area (Å²) in [7, 11) is 4.81. The lowest BCUT2D eigenvalue weighted by Crippen LogP contribution is -2.26. The number of ether oxygens (including phenoxy) is 3. The monoisotopic (exact) mass is 390 g/mol. The molecule has 3 heterocycles. The summed E-state index contributed by atoms with van der Waals surface area (Å²) in [4.78, 5) is 8.01. The number of likely N-dealkylation sites (tertiary alicyclic amines) is 1. The van der Waals surface area contributed by atoms with Gasteiger partial charge in [0.25, 0.3) is 0 Å². The van der Waals surface area contributed by atoms with Crippen molar-refractivity contribution >= 4 is 16.3 Å². The number of thiazole rings is 1. The number of methoxy groups -OCH3 is 3. The number of hydrogen-bond acceptors (Lipinski definition) is 8. The van der Waals surface area contributed by atoms with Crippen LogP contribution in [0.3, 0.4) is 0 Å². The van der Waals surface area contributed by atoms with Gasteiger partial charge in [-0.25, -0.2) is 4.98 Å². The predicted octanol–water partition coefficient (Wildman–Crippen LogP) is 2.71. The third-order valence-corrected chi connectivity index (χ3v) is 6.01. The summed E-state index contributed by atoms with van der Waals surface area (Å²) in [6, 6.07) is 3.66. The van der Waals surface area contributed by atoms with Crippen molar-refractivity contribution in [2.75, 3.05) is 34.4 Å². The van der Waals surface area contributed by atoms with Crippen LogP contribution in [0.15, 0.2) is 18.5 Å². The number of benzene rings is 1. The highest BCUT2D eigenvalue weighted by Gasteiger charge is 2.34. The van der Waals surface area contributed by atoms with Gasteiger partial charge in [-0.3, -0.25) is 4.90 Å². The summed E-state index contributed by atoms with van der Waals surface area (Å²) in [5.41, 5.74) is 0.914. The van der Waals surface area contributed by atoms with E-state index in [0.29, 0.717) is 22.2 Å². The summed E-state index contributed by atoms with van der Waals surface area (Å²) in [5, 5.41) is 14.9. The highest BCUT2D eigenvalue weighted by molar-refractivity contribution is 7.17. The Morgan fingerprint density at radius 3 is 2.44 bits per heavy atom. The maximum absolute atomic E-state index is 10.8. The van der Waals surface area contributed by atoms with Crippen LogP contribution in [0, 0.1) is 0 Å². The summed E-state index contributed by atoms with van der Waals surface area (Å²) in [6.45, 7) is 1.88. The molecule has 0 amide bonds. The lowest BCUT2D eigenvalue weighted by Gasteiger charge is -2.29. The van der Waals surface area contributed by atoms with E-state index < -0.39 is 0 Å². The molecule has 8 nitrogen and oxygen atoms in total. The molecule has 1 atom stereocenters. The van der Waals surface area contributed by atoms with Crippen molar-refractivity contribution in [2.45, 2.75) is 18.9 Å². The first-order chi connectivity index (χ1) is 13.2. The van der Waals surface area contributed by atoms with Crippen molar-refractivity contribution in [3.63, 3.8) is 0 Å². The van der Waals surface area contributed by atoms with Crippen LogP contribution in [-0.4, -0.2) is 59.0 Å². The highest BCUT2D eigenvalue weighted by atomic mass is 32.1. The lowest BCUT2D eigenvalue weighted by atomic mass is 10.0. The first-order valence-electron chi connectivity index (χ1n) is 8.73. The van der Waals surface area contributed by atoms with Gasteiger partial charge in [0, 0.05) is 5.56 Å². The molecule has 2 aromatic heterocycles. The Bertz CT molecular complexity index is 948. The second-order valence-corrected chi connectivity index (χ2v) is 7.32. The van der Waals surface area contributed by atoms with E-state index in [2.05, 4.69) is 15.0 Å². The molecule has 9 heteroatoms. The normalized spacial score (nSPS) is 16.0. The zero-order valence-corrected chi connectivity index (χ0v) is 16.3. The summed E-state index contributed by atoms with van der Waals surface area (Å²) >= 11 is 1.43. The van der Waals surface area contributed by atoms with Crippen molar-refractivity contribution in [2.24, 2.45) is 0 Å². The fourth-order valence-corrected chi connectivity index (χ4v) is 4.80. The van der Waals surface area contributed by atoms with Gasteiger partial charge in [0.2, 0.25) is 16.6 Å². The van der Waals surface area contributed by atoms with Gasteiger partial charge in [-0.1, -0.05) is 11.3 Å². The first kappa shape index (κ1) is 17.9. The molecule has 1 fully saturated rings. The largest absolute Gasteiger partial charge is 0.493 e. The van der Waals surface area contributed by atoms with E-state index in [9.17, 15) is 5.11 Å². The molecular weight excluding hydrogens is 368 g/mol. The molecule has 1 unspecified atom stereocenters. The molecule has 1 N–H and O–H groups in total. The fraction of sp³-hybridized carbons (Fsp3) is 0.444. The number of fused-ring (bicyclic) bond motifs is 1. The van der Waals surface area contributed by atoms with E-state index in [-0.39, 0.29) is 11.9 Å². The number of rotatable bonds is 6. The van der Waals surface area contributed by atoms with Gasteiger partial charge < -0.3 is 19.3 Å². The van der Waals surface area contributed by atoms with Gasteiger partial charge in [-0.2, -0.15) is 9.61 Å². The smallest absolute Gasteiger partial charge is 0.230 e. The predicted molar refractivity (Wildman–Crippen MR) is 101 cm³/mol. The van der Waals surface area contributed by atoms with Crippen LogP contribution in [0.5, 0.6) is 23.1 Å². The molecule has 1 aliphatic rings. The average Bonchev–Trinajstić information content (AvgIpc) is 3.42. The minimum atomic E-state index is -0.184. The van der Waals surface area contributed by atoms with Gasteiger partial charge in [0.05, 0.1) is 32.2 Å². The fourth-order valence-electron chi connectivity index (χ4n) is 3.72. The van der Waals surface area contributed by atoms with E-state index in [0.717, 1.165) is 36.4 Å². The van der Waals surface area contributed by atoms with Crippen molar-refractivity contribution in [3.05, 3.63) is 28.9 Å². The molecular formula is C18H22N4O4S. The zero-order valence-electron chi connectivity index (χ0n) is 15.5. The van der Waals surface area contributed by atoms with E-state index in [1.54, 1.807) is 21.3 Å². The molecule has 0 radical (unpaired) electrons. The molecule has 27 heavy (non-hydrogen) atoms. The SMILES string of the molecule is COc1ccc(C(c2sc3ncnn3c2O)N2CCCC2)c(OC)c1OC. The van der Waals surface area contributed by atoms with Gasteiger partial charge >= 0.3 is 0 Å². The third-order valence-electron chi connectivity index (χ3n) is 4.92. The highest BCUT2D eigenvalue weighted by Crippen LogP contribution is 2.48. The molecule has 0 saturated carbocycles. The summed E-state index contributed by atoms with van der Waals surface area (Å²) < 4.78 is 18.2. The maximum atomic E-state index is 10.8. The minimum Gasteiger partial charge on any atom is -0.493 e. The maximum Gasteiger partial charge on any atom is 0.230 e. The summed E-state index contributed by atoms with van der Waals surface area (Å²) in [6.07, 6.45) is 3.68. The second kappa shape index (κ2) is 7.24. The Labute approximate surface area is 160 Å². The molecule has 0 bridgehead atoms. The topological polar surface area (TPSA) is 81.4 Å². The van der Waals surface area contributed by atoms with Crippen molar-refractivity contribution < 1.29 is 19.3 Å². The number of aromatic hydroxyl groups is 1. The lowest BCUT2D eigenvalue weighted by molar-refractivity contribution is 0.264. The standard InChI is InChI=1S/C18H22N4O4S/c1-24-12-7-6-11(14(25-2)15(12)26-3)13(21-8-4-5-9-21)16-17(23)22-18(27-16)19-10-20-22/h6-7,10,13,23H,4-5,8-9H2,1-3H3. The first-order valence-corrected chi connectivity index (χ1v) is 9.55. The Balaban J connectivity index is 1.92. The van der Waals surface area contributed by atoms with E-state index in [4.69, 9.17) is 14.2 Å². The Hall–Kier alpha value is -2.52. The Morgan fingerprint density at radius 1 is 1.07 bits per heavy atom. The minimum absolute atomic E-state index is 0.112. The quantitative estimate of drug-likeness (QED) is 0.693. The Kier molecular flexibility index (Phi) is 4.79. The molecule has 4 rings (SSSR count). The second-order valence-electron chi connectivity index (χ2n) is 6.31.